The SMILES string of the molecule is C[C@@H](N[C@@H]1CCN2CCC[C@@H]2C1)[C@@H](O)c1c(F)cccc1F. The van der Waals surface area contributed by atoms with E-state index >= 15 is 0 Å². The van der Waals surface area contributed by atoms with Gasteiger partial charge in [0.2, 0.25) is 0 Å². The molecule has 22 heavy (non-hydrogen) atoms. The molecule has 1 aromatic carbocycles. The highest BCUT2D eigenvalue weighted by atomic mass is 19.1. The molecule has 1 aromatic rings. The molecule has 122 valence electrons. The highest BCUT2D eigenvalue weighted by molar-refractivity contribution is 5.23. The summed E-state index contributed by atoms with van der Waals surface area (Å²) in [6.07, 6.45) is 3.39. The summed E-state index contributed by atoms with van der Waals surface area (Å²) in [5, 5.41) is 13.7. The fourth-order valence-electron chi connectivity index (χ4n) is 3.88. The first-order valence-electron chi connectivity index (χ1n) is 8.18. The molecule has 5 heteroatoms. The summed E-state index contributed by atoms with van der Waals surface area (Å²) in [5.74, 6) is -1.38. The Bertz CT molecular complexity index is 505. The van der Waals surface area contributed by atoms with Crippen molar-refractivity contribution in [1.29, 1.82) is 0 Å². The van der Waals surface area contributed by atoms with Crippen molar-refractivity contribution in [2.75, 3.05) is 13.1 Å². The molecule has 0 unspecified atom stereocenters. The predicted molar refractivity (Wildman–Crippen MR) is 81.5 cm³/mol. The molecule has 2 heterocycles. The van der Waals surface area contributed by atoms with E-state index in [1.807, 2.05) is 0 Å². The number of fused-ring (bicyclic) bond motifs is 1. The maximum absolute atomic E-state index is 13.8. The van der Waals surface area contributed by atoms with Crippen molar-refractivity contribution in [1.82, 2.24) is 10.2 Å². The minimum Gasteiger partial charge on any atom is -0.387 e. The third-order valence-corrected chi connectivity index (χ3v) is 5.09. The number of benzene rings is 1. The second-order valence-electron chi connectivity index (χ2n) is 6.59. The number of aliphatic hydroxyl groups excluding tert-OH is 1. The average molecular weight is 310 g/mol. The number of rotatable bonds is 4. The lowest BCUT2D eigenvalue weighted by Gasteiger charge is -2.37. The Kier molecular flexibility index (Phi) is 4.76. The Morgan fingerprint density at radius 3 is 2.68 bits per heavy atom. The topological polar surface area (TPSA) is 35.5 Å². The van der Waals surface area contributed by atoms with Crippen molar-refractivity contribution in [3.05, 3.63) is 35.4 Å². The van der Waals surface area contributed by atoms with Crippen LogP contribution in [0.5, 0.6) is 0 Å². The van der Waals surface area contributed by atoms with Crippen LogP contribution in [0.15, 0.2) is 18.2 Å². The van der Waals surface area contributed by atoms with Gasteiger partial charge in [-0.25, -0.2) is 8.78 Å². The molecule has 2 fully saturated rings. The minimum absolute atomic E-state index is 0.235. The van der Waals surface area contributed by atoms with Gasteiger partial charge < -0.3 is 15.3 Å². The van der Waals surface area contributed by atoms with Gasteiger partial charge in [-0.15, -0.1) is 0 Å². The monoisotopic (exact) mass is 310 g/mol. The number of nitrogens with one attached hydrogen (secondary N) is 1. The van der Waals surface area contributed by atoms with Gasteiger partial charge in [0.05, 0.1) is 11.7 Å². The maximum Gasteiger partial charge on any atom is 0.132 e. The van der Waals surface area contributed by atoms with Gasteiger partial charge in [0, 0.05) is 18.1 Å². The highest BCUT2D eigenvalue weighted by Crippen LogP contribution is 2.29. The van der Waals surface area contributed by atoms with Crippen LogP contribution in [0.25, 0.3) is 0 Å². The van der Waals surface area contributed by atoms with Gasteiger partial charge in [-0.1, -0.05) is 6.07 Å². The zero-order chi connectivity index (χ0) is 15.7. The number of aliphatic hydroxyl groups is 1. The Hall–Kier alpha value is -1.04. The van der Waals surface area contributed by atoms with Crippen LogP contribution in [0.4, 0.5) is 8.78 Å². The average Bonchev–Trinajstić information content (AvgIpc) is 2.94. The molecule has 2 saturated heterocycles. The number of hydrogen-bond acceptors (Lipinski definition) is 3. The molecule has 3 nitrogen and oxygen atoms in total. The number of hydrogen-bond donors (Lipinski definition) is 2. The zero-order valence-corrected chi connectivity index (χ0v) is 12.9. The molecule has 2 N–H and O–H groups in total. The normalized spacial score (nSPS) is 28.4. The molecule has 3 rings (SSSR count). The van der Waals surface area contributed by atoms with Gasteiger partial charge in [-0.2, -0.15) is 0 Å². The molecule has 0 amide bonds. The second kappa shape index (κ2) is 6.60. The fraction of sp³-hybridized carbons (Fsp3) is 0.647. The Labute approximate surface area is 130 Å². The number of piperidine rings is 1. The first-order valence-corrected chi connectivity index (χ1v) is 8.18. The molecule has 2 aliphatic rings. The molecule has 4 atom stereocenters. The molecule has 0 spiro atoms. The van der Waals surface area contributed by atoms with Crippen LogP contribution in [-0.2, 0) is 0 Å². The van der Waals surface area contributed by atoms with Gasteiger partial charge >= 0.3 is 0 Å². The summed E-state index contributed by atoms with van der Waals surface area (Å²) in [5.41, 5.74) is -0.235. The maximum atomic E-state index is 13.8. The van der Waals surface area contributed by atoms with Crippen molar-refractivity contribution in [2.45, 2.75) is 56.8 Å². The fourth-order valence-corrected chi connectivity index (χ4v) is 3.88. The van der Waals surface area contributed by atoms with Crippen molar-refractivity contribution >= 4 is 0 Å². The van der Waals surface area contributed by atoms with Crippen LogP contribution in [0, 0.1) is 11.6 Å². The predicted octanol–water partition coefficient (Wildman–Crippen LogP) is 2.60. The van der Waals surface area contributed by atoms with Crippen molar-refractivity contribution in [3.8, 4) is 0 Å². The summed E-state index contributed by atoms with van der Waals surface area (Å²) < 4.78 is 27.6. The summed E-state index contributed by atoms with van der Waals surface area (Å²) in [7, 11) is 0. The van der Waals surface area contributed by atoms with E-state index in [0.717, 1.165) is 19.4 Å². The Morgan fingerprint density at radius 1 is 1.23 bits per heavy atom. The lowest BCUT2D eigenvalue weighted by Crippen LogP contribution is -2.49. The van der Waals surface area contributed by atoms with E-state index in [-0.39, 0.29) is 11.6 Å². The summed E-state index contributed by atoms with van der Waals surface area (Å²) >= 11 is 0. The highest BCUT2D eigenvalue weighted by Gasteiger charge is 2.33. The number of nitrogens with zero attached hydrogens (tertiary/aromatic N) is 1. The third-order valence-electron chi connectivity index (χ3n) is 5.09. The van der Waals surface area contributed by atoms with E-state index in [4.69, 9.17) is 0 Å². The standard InChI is InChI=1S/C17H24F2N2O/c1-11(17(22)16-14(18)5-2-6-15(16)19)20-12-7-9-21-8-3-4-13(21)10-12/h2,5-6,11-13,17,20,22H,3-4,7-10H2,1H3/t11-,12-,13-,17-/m1/s1. The van der Waals surface area contributed by atoms with Crippen LogP contribution in [-0.4, -0.2) is 41.2 Å². The third kappa shape index (κ3) is 3.16. The van der Waals surface area contributed by atoms with E-state index < -0.39 is 17.7 Å². The quantitative estimate of drug-likeness (QED) is 0.897. The summed E-state index contributed by atoms with van der Waals surface area (Å²) in [6, 6.07) is 4.23. The van der Waals surface area contributed by atoms with E-state index in [1.54, 1.807) is 6.92 Å². The second-order valence-corrected chi connectivity index (χ2v) is 6.59. The van der Waals surface area contributed by atoms with Crippen LogP contribution in [0.2, 0.25) is 0 Å². The molecule has 2 aliphatic heterocycles. The van der Waals surface area contributed by atoms with Crippen molar-refractivity contribution in [2.24, 2.45) is 0 Å². The molecule has 0 aliphatic carbocycles. The lowest BCUT2D eigenvalue weighted by molar-refractivity contribution is 0.102. The first-order chi connectivity index (χ1) is 10.6. The first kappa shape index (κ1) is 15.8. The van der Waals surface area contributed by atoms with Gasteiger partial charge in [0.1, 0.15) is 11.6 Å². The van der Waals surface area contributed by atoms with Gasteiger partial charge in [-0.3, -0.25) is 0 Å². The summed E-state index contributed by atoms with van der Waals surface area (Å²) in [4.78, 5) is 2.52. The molecule has 0 aromatic heterocycles. The smallest absolute Gasteiger partial charge is 0.132 e. The van der Waals surface area contributed by atoms with E-state index in [2.05, 4.69) is 10.2 Å². The summed E-state index contributed by atoms with van der Waals surface area (Å²) in [6.45, 7) is 4.05. The van der Waals surface area contributed by atoms with Gasteiger partial charge in [0.15, 0.2) is 0 Å². The van der Waals surface area contributed by atoms with E-state index in [9.17, 15) is 13.9 Å². The van der Waals surface area contributed by atoms with Crippen molar-refractivity contribution < 1.29 is 13.9 Å². The van der Waals surface area contributed by atoms with Crippen molar-refractivity contribution in [3.63, 3.8) is 0 Å². The van der Waals surface area contributed by atoms with Crippen LogP contribution in [0.3, 0.4) is 0 Å². The van der Waals surface area contributed by atoms with Gasteiger partial charge in [0.25, 0.3) is 0 Å². The van der Waals surface area contributed by atoms with Crippen LogP contribution in [0.1, 0.15) is 44.3 Å². The molecule has 0 bridgehead atoms. The largest absolute Gasteiger partial charge is 0.387 e. The Balaban J connectivity index is 1.63. The van der Waals surface area contributed by atoms with E-state index in [0.29, 0.717) is 12.1 Å². The van der Waals surface area contributed by atoms with E-state index in [1.165, 1.54) is 37.6 Å². The molecule has 0 radical (unpaired) electrons. The molecular weight excluding hydrogens is 286 g/mol. The number of halogens is 2. The van der Waals surface area contributed by atoms with Gasteiger partial charge in [-0.05, 0) is 57.8 Å². The lowest BCUT2D eigenvalue weighted by atomic mass is 9.95. The van der Waals surface area contributed by atoms with Crippen LogP contribution < -0.4 is 5.32 Å². The molecular formula is C17H24F2N2O. The molecule has 0 saturated carbocycles. The Morgan fingerprint density at radius 2 is 1.95 bits per heavy atom. The minimum atomic E-state index is -1.18. The van der Waals surface area contributed by atoms with Crippen LogP contribution >= 0.6 is 0 Å². The zero-order valence-electron chi connectivity index (χ0n) is 12.9.